The quantitative estimate of drug-likeness (QED) is 0.660. The largest absolute Gasteiger partial charge is 0.341 e. The van der Waals surface area contributed by atoms with Crippen molar-refractivity contribution in [3.8, 4) is 0 Å². The Morgan fingerprint density at radius 2 is 1.88 bits per heavy atom. The van der Waals surface area contributed by atoms with Crippen molar-refractivity contribution in [2.24, 2.45) is 5.92 Å². The van der Waals surface area contributed by atoms with E-state index in [1.54, 1.807) is 22.0 Å². The number of aromatic nitrogens is 1. The van der Waals surface area contributed by atoms with Crippen molar-refractivity contribution < 1.29 is 14.0 Å². The molecule has 5 rings (SSSR count). The number of hydrogen-bond acceptors (Lipinski definition) is 4. The molecule has 2 atom stereocenters. The van der Waals surface area contributed by atoms with Gasteiger partial charge in [0.25, 0.3) is 11.5 Å². The van der Waals surface area contributed by atoms with Gasteiger partial charge in [-0.15, -0.1) is 11.3 Å². The summed E-state index contributed by atoms with van der Waals surface area (Å²) in [5.74, 6) is -0.450. The van der Waals surface area contributed by atoms with Crippen LogP contribution in [0.1, 0.15) is 33.3 Å². The molecule has 1 fully saturated rings. The SMILES string of the molecule is O=C(Nc1ccc2n(c1=O)CC1CC2CN(C(=O)Cc2cccs2)C1)c1ccc(F)cc1. The van der Waals surface area contributed by atoms with E-state index >= 15 is 0 Å². The molecular weight excluding hydrogens is 429 g/mol. The van der Waals surface area contributed by atoms with Gasteiger partial charge in [-0.25, -0.2) is 4.39 Å². The van der Waals surface area contributed by atoms with Crippen LogP contribution in [0.5, 0.6) is 0 Å². The smallest absolute Gasteiger partial charge is 0.274 e. The van der Waals surface area contributed by atoms with Crippen LogP contribution in [0.25, 0.3) is 0 Å². The Kier molecular flexibility index (Phi) is 5.38. The molecule has 2 aliphatic heterocycles. The van der Waals surface area contributed by atoms with Gasteiger partial charge in [-0.3, -0.25) is 14.4 Å². The Bertz CT molecular complexity index is 1220. The summed E-state index contributed by atoms with van der Waals surface area (Å²) in [5, 5.41) is 4.63. The van der Waals surface area contributed by atoms with Crippen LogP contribution < -0.4 is 10.9 Å². The van der Waals surface area contributed by atoms with Gasteiger partial charge in [0.2, 0.25) is 5.91 Å². The van der Waals surface area contributed by atoms with E-state index in [-0.39, 0.29) is 34.6 Å². The summed E-state index contributed by atoms with van der Waals surface area (Å²) in [6.07, 6.45) is 1.36. The third-order valence-electron chi connectivity index (χ3n) is 6.22. The fourth-order valence-corrected chi connectivity index (χ4v) is 5.41. The number of carbonyl (C=O) groups is 2. The minimum atomic E-state index is -0.455. The number of nitrogens with zero attached hydrogens (tertiary/aromatic N) is 2. The molecule has 3 aromatic rings. The lowest BCUT2D eigenvalue weighted by molar-refractivity contribution is -0.133. The molecule has 1 aromatic carbocycles. The molecule has 2 bridgehead atoms. The third-order valence-corrected chi connectivity index (χ3v) is 7.09. The van der Waals surface area contributed by atoms with Crippen molar-refractivity contribution in [3.63, 3.8) is 0 Å². The first-order valence-corrected chi connectivity index (χ1v) is 11.5. The fourth-order valence-electron chi connectivity index (χ4n) is 4.71. The van der Waals surface area contributed by atoms with E-state index in [1.165, 1.54) is 24.3 Å². The summed E-state index contributed by atoms with van der Waals surface area (Å²) in [6, 6.07) is 12.6. The van der Waals surface area contributed by atoms with Gasteiger partial charge in [0.15, 0.2) is 0 Å². The Labute approximate surface area is 188 Å². The van der Waals surface area contributed by atoms with Crippen LogP contribution >= 0.6 is 11.3 Å². The molecular formula is C24H22FN3O3S. The molecule has 6 nitrogen and oxygen atoms in total. The molecule has 2 amide bonds. The number of anilines is 1. The van der Waals surface area contributed by atoms with Crippen molar-refractivity contribution >= 4 is 28.8 Å². The number of piperidine rings is 1. The van der Waals surface area contributed by atoms with Crippen molar-refractivity contribution in [1.29, 1.82) is 0 Å². The monoisotopic (exact) mass is 451 g/mol. The Morgan fingerprint density at radius 1 is 1.06 bits per heavy atom. The van der Waals surface area contributed by atoms with Crippen LogP contribution in [-0.4, -0.2) is 34.4 Å². The number of benzene rings is 1. The van der Waals surface area contributed by atoms with E-state index in [4.69, 9.17) is 0 Å². The molecule has 2 aliphatic rings. The molecule has 0 saturated carbocycles. The Morgan fingerprint density at radius 3 is 2.62 bits per heavy atom. The molecule has 1 N–H and O–H groups in total. The average molecular weight is 452 g/mol. The van der Waals surface area contributed by atoms with Crippen molar-refractivity contribution in [3.05, 3.63) is 86.2 Å². The molecule has 164 valence electrons. The maximum absolute atomic E-state index is 13.1. The van der Waals surface area contributed by atoms with Crippen LogP contribution in [0.2, 0.25) is 0 Å². The fraction of sp³-hybridized carbons (Fsp3) is 0.292. The van der Waals surface area contributed by atoms with E-state index in [0.717, 1.165) is 17.0 Å². The highest BCUT2D eigenvalue weighted by Crippen LogP contribution is 2.35. The van der Waals surface area contributed by atoms with Crippen molar-refractivity contribution in [1.82, 2.24) is 9.47 Å². The van der Waals surface area contributed by atoms with Crippen LogP contribution in [0.3, 0.4) is 0 Å². The van der Waals surface area contributed by atoms with Crippen molar-refractivity contribution in [2.75, 3.05) is 18.4 Å². The van der Waals surface area contributed by atoms with Gasteiger partial charge in [-0.05, 0) is 60.2 Å². The summed E-state index contributed by atoms with van der Waals surface area (Å²) in [6.45, 7) is 1.76. The number of pyridine rings is 1. The number of halogens is 1. The first kappa shape index (κ1) is 20.6. The minimum Gasteiger partial charge on any atom is -0.341 e. The number of hydrogen-bond donors (Lipinski definition) is 1. The molecule has 4 heterocycles. The lowest BCUT2D eigenvalue weighted by Crippen LogP contribution is -2.49. The predicted molar refractivity (Wildman–Crippen MR) is 121 cm³/mol. The first-order chi connectivity index (χ1) is 15.5. The van der Waals surface area contributed by atoms with E-state index in [0.29, 0.717) is 26.1 Å². The molecule has 8 heteroatoms. The topological polar surface area (TPSA) is 71.4 Å². The second-order valence-corrected chi connectivity index (χ2v) is 9.43. The van der Waals surface area contributed by atoms with Crippen LogP contribution in [0, 0.1) is 11.7 Å². The van der Waals surface area contributed by atoms with Gasteiger partial charge in [0, 0.05) is 41.7 Å². The molecule has 1 saturated heterocycles. The maximum atomic E-state index is 13.1. The molecule has 2 aromatic heterocycles. The molecule has 0 radical (unpaired) electrons. The van der Waals surface area contributed by atoms with Crippen LogP contribution in [0.15, 0.2) is 58.7 Å². The second-order valence-electron chi connectivity index (χ2n) is 8.40. The normalized spacial score (nSPS) is 19.3. The highest BCUT2D eigenvalue weighted by atomic mass is 32.1. The summed E-state index contributed by atoms with van der Waals surface area (Å²) < 4.78 is 14.8. The number of fused-ring (bicyclic) bond motifs is 4. The van der Waals surface area contributed by atoms with E-state index in [9.17, 15) is 18.8 Å². The maximum Gasteiger partial charge on any atom is 0.274 e. The zero-order valence-electron chi connectivity index (χ0n) is 17.3. The number of thiophene rings is 1. The van der Waals surface area contributed by atoms with Gasteiger partial charge in [0.1, 0.15) is 11.5 Å². The summed E-state index contributed by atoms with van der Waals surface area (Å²) in [4.78, 5) is 41.4. The highest BCUT2D eigenvalue weighted by Gasteiger charge is 2.36. The number of likely N-dealkylation sites (tertiary alicyclic amines) is 1. The minimum absolute atomic E-state index is 0.101. The van der Waals surface area contributed by atoms with Crippen LogP contribution in [-0.2, 0) is 17.8 Å². The lowest BCUT2D eigenvalue weighted by atomic mass is 9.83. The zero-order valence-corrected chi connectivity index (χ0v) is 18.1. The number of carbonyl (C=O) groups excluding carboxylic acids is 2. The van der Waals surface area contributed by atoms with Gasteiger partial charge in [-0.1, -0.05) is 6.07 Å². The third kappa shape index (κ3) is 3.98. The Hall–Kier alpha value is -3.26. The molecule has 0 spiro atoms. The van der Waals surface area contributed by atoms with Gasteiger partial charge in [-0.2, -0.15) is 0 Å². The number of nitrogens with one attached hydrogen (secondary N) is 1. The molecule has 0 aliphatic carbocycles. The van der Waals surface area contributed by atoms with Gasteiger partial charge >= 0.3 is 0 Å². The first-order valence-electron chi connectivity index (χ1n) is 10.6. The molecule has 32 heavy (non-hydrogen) atoms. The van der Waals surface area contributed by atoms with Crippen molar-refractivity contribution in [2.45, 2.75) is 25.3 Å². The summed E-state index contributed by atoms with van der Waals surface area (Å²) >= 11 is 1.59. The standard InChI is InChI=1S/C24H22FN3O3S/c25-18-5-3-16(4-6-18)23(30)26-20-7-8-21-17-10-15(13-28(21)24(20)31)12-27(14-17)22(29)11-19-2-1-9-32-19/h1-9,15,17H,10-14H2,(H,26,30). The van der Waals surface area contributed by atoms with E-state index < -0.39 is 11.7 Å². The summed E-state index contributed by atoms with van der Waals surface area (Å²) in [7, 11) is 0. The Balaban J connectivity index is 1.34. The summed E-state index contributed by atoms with van der Waals surface area (Å²) in [5.41, 5.74) is 1.14. The van der Waals surface area contributed by atoms with E-state index in [2.05, 4.69) is 5.32 Å². The van der Waals surface area contributed by atoms with Crippen LogP contribution in [0.4, 0.5) is 10.1 Å². The number of amides is 2. The van der Waals surface area contributed by atoms with E-state index in [1.807, 2.05) is 28.5 Å². The second kappa shape index (κ2) is 8.35. The van der Waals surface area contributed by atoms with Gasteiger partial charge < -0.3 is 14.8 Å². The predicted octanol–water partition coefficient (Wildman–Crippen LogP) is 3.49. The average Bonchev–Trinajstić information content (AvgIpc) is 3.29. The highest BCUT2D eigenvalue weighted by molar-refractivity contribution is 7.10. The zero-order chi connectivity index (χ0) is 22.2. The molecule has 2 unspecified atom stereocenters. The van der Waals surface area contributed by atoms with Gasteiger partial charge in [0.05, 0.1) is 6.42 Å². The lowest BCUT2D eigenvalue weighted by Gasteiger charge is -2.43. The number of rotatable bonds is 4.